The van der Waals surface area contributed by atoms with Gasteiger partial charge in [0.15, 0.2) is 0 Å². The summed E-state index contributed by atoms with van der Waals surface area (Å²) in [7, 11) is 0. The second-order valence-electron chi connectivity index (χ2n) is 5.32. The normalized spacial score (nSPS) is 25.6. The molecule has 1 saturated heterocycles. The molecule has 1 fully saturated rings. The first-order valence-corrected chi connectivity index (χ1v) is 8.26. The second-order valence-corrected chi connectivity index (χ2v) is 6.61. The molecule has 0 saturated carbocycles. The molecule has 3 atom stereocenters. The van der Waals surface area contributed by atoms with E-state index >= 15 is 0 Å². The Balaban J connectivity index is 2.31. The summed E-state index contributed by atoms with van der Waals surface area (Å²) in [6, 6.07) is 6.47. The van der Waals surface area contributed by atoms with Crippen LogP contribution in [-0.2, 0) is 4.74 Å². The van der Waals surface area contributed by atoms with Gasteiger partial charge in [-0.1, -0.05) is 34.5 Å². The van der Waals surface area contributed by atoms with Crippen molar-refractivity contribution in [3.05, 3.63) is 33.3 Å². The van der Waals surface area contributed by atoms with Crippen molar-refractivity contribution < 1.29 is 4.74 Å². The van der Waals surface area contributed by atoms with E-state index in [1.54, 1.807) is 0 Å². The molecule has 0 aromatic heterocycles. The summed E-state index contributed by atoms with van der Waals surface area (Å²) < 4.78 is 6.84. The number of halogens is 2. The molecule has 1 aromatic carbocycles. The van der Waals surface area contributed by atoms with E-state index in [2.05, 4.69) is 34.7 Å². The summed E-state index contributed by atoms with van der Waals surface area (Å²) in [6.07, 6.45) is 1.30. The van der Waals surface area contributed by atoms with Gasteiger partial charge in [0.1, 0.15) is 0 Å². The number of ether oxygens (including phenoxy) is 1. The van der Waals surface area contributed by atoms with Crippen LogP contribution in [0.2, 0.25) is 5.02 Å². The zero-order valence-corrected chi connectivity index (χ0v) is 14.3. The molecule has 0 radical (unpaired) electrons. The van der Waals surface area contributed by atoms with Gasteiger partial charge in [-0.15, -0.1) is 0 Å². The van der Waals surface area contributed by atoms with E-state index < -0.39 is 0 Å². The van der Waals surface area contributed by atoms with Crippen LogP contribution in [0.25, 0.3) is 0 Å². The molecular weight excluding hydrogens is 340 g/mol. The van der Waals surface area contributed by atoms with Crippen molar-refractivity contribution in [1.82, 2.24) is 4.90 Å². The first-order valence-electron chi connectivity index (χ1n) is 7.09. The van der Waals surface area contributed by atoms with E-state index in [0.29, 0.717) is 12.6 Å². The monoisotopic (exact) mass is 360 g/mol. The van der Waals surface area contributed by atoms with Gasteiger partial charge < -0.3 is 10.5 Å². The molecular formula is C15H22BrClN2O. The highest BCUT2D eigenvalue weighted by molar-refractivity contribution is 9.10. The lowest BCUT2D eigenvalue weighted by Gasteiger charge is -2.43. The molecule has 1 aliphatic heterocycles. The maximum atomic E-state index is 6.15. The minimum Gasteiger partial charge on any atom is -0.376 e. The van der Waals surface area contributed by atoms with E-state index in [1.807, 2.05) is 18.2 Å². The fourth-order valence-electron chi connectivity index (χ4n) is 2.81. The van der Waals surface area contributed by atoms with Gasteiger partial charge in [-0.05, 0) is 37.1 Å². The van der Waals surface area contributed by atoms with Crippen molar-refractivity contribution in [2.75, 3.05) is 19.7 Å². The zero-order chi connectivity index (χ0) is 14.7. The largest absolute Gasteiger partial charge is 0.376 e. The number of morpholine rings is 1. The van der Waals surface area contributed by atoms with Crippen molar-refractivity contribution in [3.63, 3.8) is 0 Å². The Bertz CT molecular complexity index is 457. The third-order valence-corrected chi connectivity index (χ3v) is 4.88. The van der Waals surface area contributed by atoms with Crippen molar-refractivity contribution in [2.24, 2.45) is 5.73 Å². The second kappa shape index (κ2) is 7.23. The first-order chi connectivity index (χ1) is 9.56. The lowest BCUT2D eigenvalue weighted by molar-refractivity contribution is -0.0720. The third-order valence-electron chi connectivity index (χ3n) is 3.92. The summed E-state index contributed by atoms with van der Waals surface area (Å²) in [4.78, 5) is 2.46. The zero-order valence-electron chi connectivity index (χ0n) is 12.0. The Labute approximate surface area is 134 Å². The van der Waals surface area contributed by atoms with Gasteiger partial charge in [0, 0.05) is 34.7 Å². The Morgan fingerprint density at radius 2 is 2.30 bits per heavy atom. The van der Waals surface area contributed by atoms with E-state index in [9.17, 15) is 0 Å². The van der Waals surface area contributed by atoms with Crippen LogP contribution in [-0.4, -0.2) is 36.7 Å². The molecule has 112 valence electrons. The highest BCUT2D eigenvalue weighted by Crippen LogP contribution is 2.33. The molecule has 0 bridgehead atoms. The van der Waals surface area contributed by atoms with Crippen molar-refractivity contribution in [2.45, 2.75) is 38.5 Å². The van der Waals surface area contributed by atoms with Crippen LogP contribution in [0.15, 0.2) is 22.7 Å². The molecule has 0 spiro atoms. The number of benzene rings is 1. The lowest BCUT2D eigenvalue weighted by Crippen LogP contribution is -2.51. The number of nitrogens with two attached hydrogens (primary N) is 1. The topological polar surface area (TPSA) is 38.5 Å². The maximum Gasteiger partial charge on any atom is 0.0675 e. The highest BCUT2D eigenvalue weighted by atomic mass is 79.9. The predicted molar refractivity (Wildman–Crippen MR) is 87.1 cm³/mol. The summed E-state index contributed by atoms with van der Waals surface area (Å²) in [5.41, 5.74) is 7.23. The molecule has 1 aliphatic rings. The summed E-state index contributed by atoms with van der Waals surface area (Å²) in [5, 5.41) is 0.746. The number of hydrogen-bond donors (Lipinski definition) is 1. The van der Waals surface area contributed by atoms with E-state index in [1.165, 1.54) is 0 Å². The molecule has 2 N–H and O–H groups in total. The number of hydrogen-bond acceptors (Lipinski definition) is 3. The minimum absolute atomic E-state index is 0.166. The minimum atomic E-state index is 0.166. The summed E-state index contributed by atoms with van der Waals surface area (Å²) >= 11 is 9.77. The van der Waals surface area contributed by atoms with Gasteiger partial charge in [0.25, 0.3) is 0 Å². The van der Waals surface area contributed by atoms with Crippen LogP contribution in [0.5, 0.6) is 0 Å². The Morgan fingerprint density at radius 1 is 1.55 bits per heavy atom. The highest BCUT2D eigenvalue weighted by Gasteiger charge is 2.32. The summed E-state index contributed by atoms with van der Waals surface area (Å²) in [5.74, 6) is 0. The van der Waals surface area contributed by atoms with E-state index in [4.69, 9.17) is 22.1 Å². The van der Waals surface area contributed by atoms with Gasteiger partial charge in [-0.3, -0.25) is 4.90 Å². The van der Waals surface area contributed by atoms with Gasteiger partial charge >= 0.3 is 0 Å². The molecule has 5 heteroatoms. The maximum absolute atomic E-state index is 6.15. The van der Waals surface area contributed by atoms with Crippen LogP contribution in [0.1, 0.15) is 31.9 Å². The Hall–Kier alpha value is -0.130. The van der Waals surface area contributed by atoms with Gasteiger partial charge in [0.05, 0.1) is 12.7 Å². The van der Waals surface area contributed by atoms with E-state index in [-0.39, 0.29) is 12.1 Å². The van der Waals surface area contributed by atoms with Gasteiger partial charge in [-0.2, -0.15) is 0 Å². The van der Waals surface area contributed by atoms with E-state index in [0.717, 1.165) is 34.6 Å². The average Bonchev–Trinajstić information content (AvgIpc) is 2.44. The summed E-state index contributed by atoms with van der Waals surface area (Å²) in [6.45, 7) is 6.55. The van der Waals surface area contributed by atoms with Crippen molar-refractivity contribution in [1.29, 1.82) is 0 Å². The molecule has 1 heterocycles. The SMILES string of the molecule is CCC1COC(C)CN1C(CN)c1cc(Cl)ccc1Br. The Kier molecular flexibility index (Phi) is 5.87. The number of rotatable bonds is 4. The van der Waals surface area contributed by atoms with Crippen molar-refractivity contribution >= 4 is 27.5 Å². The molecule has 3 unspecified atom stereocenters. The van der Waals surface area contributed by atoms with Crippen molar-refractivity contribution in [3.8, 4) is 0 Å². The van der Waals surface area contributed by atoms with Crippen LogP contribution >= 0.6 is 27.5 Å². The quantitative estimate of drug-likeness (QED) is 0.890. The fraction of sp³-hybridized carbons (Fsp3) is 0.600. The lowest BCUT2D eigenvalue weighted by atomic mass is 10.0. The first kappa shape index (κ1) is 16.2. The Morgan fingerprint density at radius 3 is 2.95 bits per heavy atom. The smallest absolute Gasteiger partial charge is 0.0675 e. The number of nitrogens with zero attached hydrogens (tertiary/aromatic N) is 1. The molecule has 2 rings (SSSR count). The van der Waals surface area contributed by atoms with Crippen LogP contribution in [0.3, 0.4) is 0 Å². The van der Waals surface area contributed by atoms with Crippen LogP contribution in [0.4, 0.5) is 0 Å². The molecule has 20 heavy (non-hydrogen) atoms. The predicted octanol–water partition coefficient (Wildman–Crippen LogP) is 3.60. The van der Waals surface area contributed by atoms with Crippen LogP contribution in [0, 0.1) is 0 Å². The molecule has 0 amide bonds. The third kappa shape index (κ3) is 3.55. The van der Waals surface area contributed by atoms with Gasteiger partial charge in [0.2, 0.25) is 0 Å². The average molecular weight is 362 g/mol. The molecule has 3 nitrogen and oxygen atoms in total. The van der Waals surface area contributed by atoms with Gasteiger partial charge in [-0.25, -0.2) is 0 Å². The fourth-order valence-corrected chi connectivity index (χ4v) is 3.51. The molecule has 1 aromatic rings. The van der Waals surface area contributed by atoms with Crippen LogP contribution < -0.4 is 5.73 Å². The standard InChI is InChI=1S/C15H22BrClN2O/c1-3-12-9-20-10(2)8-19(12)15(7-18)13-6-11(17)4-5-14(13)16/h4-6,10,12,15H,3,7-9,18H2,1-2H3. The molecule has 0 aliphatic carbocycles.